The minimum Gasteiger partial charge on any atom is -0.481 e. The van der Waals surface area contributed by atoms with Crippen molar-refractivity contribution in [2.75, 3.05) is 12.4 Å². The summed E-state index contributed by atoms with van der Waals surface area (Å²) in [5.41, 5.74) is 2.94. The Morgan fingerprint density at radius 2 is 1.72 bits per heavy atom. The van der Waals surface area contributed by atoms with Crippen molar-refractivity contribution in [3.8, 4) is 11.1 Å². The number of hydrogen-bond donors (Lipinski definition) is 2. The van der Waals surface area contributed by atoms with E-state index in [1.165, 1.54) is 24.0 Å². The second-order valence-corrected chi connectivity index (χ2v) is 10.2. The van der Waals surface area contributed by atoms with E-state index in [1.807, 2.05) is 24.3 Å². The first-order valence-electron chi connectivity index (χ1n) is 10.6. The summed E-state index contributed by atoms with van der Waals surface area (Å²) in [6.45, 7) is 6.39. The van der Waals surface area contributed by atoms with Gasteiger partial charge in [0.15, 0.2) is 0 Å². The van der Waals surface area contributed by atoms with Crippen LogP contribution in [0.1, 0.15) is 49.5 Å². The molecule has 2 aromatic rings. The summed E-state index contributed by atoms with van der Waals surface area (Å²) in [4.78, 5) is 37.5. The number of aliphatic carboxylic acids is 1. The number of thiophene rings is 1. The number of carboxylic acid groups (broad SMARTS) is 1. The molecule has 2 N–H and O–H groups in total. The van der Waals surface area contributed by atoms with Gasteiger partial charge >= 0.3 is 11.9 Å². The fraction of sp³-hybridized carbons (Fsp3) is 0.458. The number of nitrogens with one attached hydrogen (secondary N) is 1. The number of benzene rings is 1. The minimum absolute atomic E-state index is 0.000902. The third-order valence-corrected chi connectivity index (χ3v) is 7.24. The Morgan fingerprint density at radius 3 is 2.28 bits per heavy atom. The Labute approximate surface area is 190 Å². The lowest BCUT2D eigenvalue weighted by Gasteiger charge is -2.23. The molecule has 32 heavy (non-hydrogen) atoms. The van der Waals surface area contributed by atoms with Crippen LogP contribution < -0.4 is 5.32 Å². The molecule has 4 rings (SSSR count). The number of rotatable bonds is 5. The summed E-state index contributed by atoms with van der Waals surface area (Å²) in [5.74, 6) is -3.69. The van der Waals surface area contributed by atoms with E-state index in [0.29, 0.717) is 23.4 Å². The molecular weight excluding hydrogens is 430 g/mol. The van der Waals surface area contributed by atoms with Gasteiger partial charge in [0.25, 0.3) is 0 Å². The highest BCUT2D eigenvalue weighted by Crippen LogP contribution is 2.45. The molecule has 0 aliphatic carbocycles. The van der Waals surface area contributed by atoms with Crippen LogP contribution in [0.15, 0.2) is 29.6 Å². The van der Waals surface area contributed by atoms with Crippen molar-refractivity contribution in [3.05, 3.63) is 40.8 Å². The fourth-order valence-corrected chi connectivity index (χ4v) is 5.60. The van der Waals surface area contributed by atoms with Crippen LogP contribution in [0.3, 0.4) is 0 Å². The number of carbonyl (C=O) groups is 3. The van der Waals surface area contributed by atoms with Crippen LogP contribution in [-0.2, 0) is 24.5 Å². The van der Waals surface area contributed by atoms with Gasteiger partial charge in [-0.2, -0.15) is 0 Å². The zero-order valence-electron chi connectivity index (χ0n) is 18.5. The lowest BCUT2D eigenvalue weighted by atomic mass is 9.78. The van der Waals surface area contributed by atoms with Crippen molar-refractivity contribution in [2.45, 2.75) is 51.2 Å². The monoisotopic (exact) mass is 457 g/mol. The Balaban J connectivity index is 1.64. The zero-order chi connectivity index (χ0) is 23.2. The van der Waals surface area contributed by atoms with Crippen LogP contribution in [0.25, 0.3) is 11.1 Å². The Kier molecular flexibility index (Phi) is 5.85. The molecule has 3 heterocycles. The number of methoxy groups -OCH3 is 1. The quantitative estimate of drug-likeness (QED) is 0.649. The van der Waals surface area contributed by atoms with Gasteiger partial charge in [-0.3, -0.25) is 9.59 Å². The van der Waals surface area contributed by atoms with Crippen molar-refractivity contribution in [2.24, 2.45) is 11.8 Å². The van der Waals surface area contributed by atoms with Gasteiger partial charge in [0, 0.05) is 10.9 Å². The van der Waals surface area contributed by atoms with Gasteiger partial charge in [-0.15, -0.1) is 11.3 Å². The Hall–Kier alpha value is -2.71. The fourth-order valence-electron chi connectivity index (χ4n) is 4.64. The van der Waals surface area contributed by atoms with Crippen molar-refractivity contribution < 1.29 is 29.0 Å². The first-order valence-corrected chi connectivity index (χ1v) is 11.5. The van der Waals surface area contributed by atoms with Crippen molar-refractivity contribution >= 4 is 34.2 Å². The number of esters is 1. The maximum atomic E-state index is 13.1. The summed E-state index contributed by atoms with van der Waals surface area (Å²) in [6.07, 6.45) is 0.458. The van der Waals surface area contributed by atoms with E-state index >= 15 is 0 Å². The summed E-state index contributed by atoms with van der Waals surface area (Å²) < 4.78 is 10.7. The topological polar surface area (TPSA) is 102 Å². The lowest BCUT2D eigenvalue weighted by Crippen LogP contribution is -2.41. The number of hydrogen-bond acceptors (Lipinski definition) is 6. The predicted molar refractivity (Wildman–Crippen MR) is 121 cm³/mol. The van der Waals surface area contributed by atoms with E-state index in [0.717, 1.165) is 5.56 Å². The van der Waals surface area contributed by atoms with E-state index in [4.69, 9.17) is 9.47 Å². The van der Waals surface area contributed by atoms with Gasteiger partial charge in [-0.1, -0.05) is 45.0 Å². The van der Waals surface area contributed by atoms with Crippen LogP contribution in [0.2, 0.25) is 0 Å². The molecule has 170 valence electrons. The van der Waals surface area contributed by atoms with E-state index in [-0.39, 0.29) is 11.0 Å². The molecule has 2 aliphatic heterocycles. The van der Waals surface area contributed by atoms with E-state index in [9.17, 15) is 19.5 Å². The largest absolute Gasteiger partial charge is 0.481 e. The van der Waals surface area contributed by atoms with Gasteiger partial charge < -0.3 is 19.9 Å². The molecule has 2 saturated heterocycles. The van der Waals surface area contributed by atoms with Crippen LogP contribution >= 0.6 is 11.3 Å². The van der Waals surface area contributed by atoms with E-state index in [2.05, 4.69) is 26.1 Å². The summed E-state index contributed by atoms with van der Waals surface area (Å²) in [7, 11) is 1.29. The molecule has 1 aromatic heterocycles. The molecule has 0 unspecified atom stereocenters. The van der Waals surface area contributed by atoms with Gasteiger partial charge in [-0.05, 0) is 29.4 Å². The van der Waals surface area contributed by atoms with Crippen LogP contribution in [0.5, 0.6) is 0 Å². The number of ether oxygens (including phenoxy) is 2. The highest BCUT2D eigenvalue weighted by atomic mass is 32.1. The number of fused-ring (bicyclic) bond motifs is 2. The number of amides is 1. The van der Waals surface area contributed by atoms with Crippen molar-refractivity contribution in [1.29, 1.82) is 0 Å². The normalized spacial score (nSPS) is 24.4. The molecule has 1 amide bonds. The van der Waals surface area contributed by atoms with Crippen LogP contribution in [0.4, 0.5) is 5.00 Å². The minimum atomic E-state index is -1.03. The number of carboxylic acids is 1. The first-order chi connectivity index (χ1) is 15.1. The van der Waals surface area contributed by atoms with Gasteiger partial charge in [-0.25, -0.2) is 4.79 Å². The lowest BCUT2D eigenvalue weighted by molar-refractivity contribution is -0.147. The first kappa shape index (κ1) is 22.5. The highest BCUT2D eigenvalue weighted by Gasteiger charge is 2.55. The molecule has 2 bridgehead atoms. The third kappa shape index (κ3) is 3.93. The second kappa shape index (κ2) is 8.33. The average Bonchev–Trinajstić information content (AvgIpc) is 3.47. The van der Waals surface area contributed by atoms with Gasteiger partial charge in [0.05, 0.1) is 31.2 Å². The molecule has 0 radical (unpaired) electrons. The average molecular weight is 458 g/mol. The summed E-state index contributed by atoms with van der Waals surface area (Å²) in [5, 5.41) is 14.6. The van der Waals surface area contributed by atoms with Crippen LogP contribution in [-0.4, -0.2) is 42.3 Å². The maximum absolute atomic E-state index is 13.1. The molecule has 7 nitrogen and oxygen atoms in total. The highest BCUT2D eigenvalue weighted by molar-refractivity contribution is 7.15. The molecule has 4 atom stereocenters. The van der Waals surface area contributed by atoms with Gasteiger partial charge in [0.2, 0.25) is 5.91 Å². The molecule has 0 saturated carbocycles. The summed E-state index contributed by atoms with van der Waals surface area (Å²) in [6, 6.07) is 7.95. The summed E-state index contributed by atoms with van der Waals surface area (Å²) >= 11 is 1.22. The predicted octanol–water partition coefficient (Wildman–Crippen LogP) is 4.32. The van der Waals surface area contributed by atoms with Crippen molar-refractivity contribution in [3.63, 3.8) is 0 Å². The third-order valence-electron chi connectivity index (χ3n) is 6.34. The zero-order valence-corrected chi connectivity index (χ0v) is 19.3. The molecule has 1 aromatic carbocycles. The van der Waals surface area contributed by atoms with E-state index < -0.39 is 41.9 Å². The maximum Gasteiger partial charge on any atom is 0.341 e. The molecule has 2 fully saturated rings. The SMILES string of the molecule is COC(=O)c1c(-c2ccc(C(C)(C)C)cc2)csc1NC(=O)[C@@H]1[C@H](C(=O)O)[C@H]2CC[C@H]1O2. The Morgan fingerprint density at radius 1 is 1.09 bits per heavy atom. The standard InChI is InChI=1S/C24H27NO6S/c1-24(2,3)13-7-5-12(6-8-13)14-11-32-21(17(14)23(29)30-4)25-20(26)18-15-9-10-16(31-15)19(18)22(27)28/h5-8,11,15-16,18-19H,9-10H2,1-4H3,(H,25,26)(H,27,28)/t15-,16-,18+,19-/m1/s1. The van der Waals surface area contributed by atoms with Crippen LogP contribution in [0, 0.1) is 11.8 Å². The smallest absolute Gasteiger partial charge is 0.341 e. The van der Waals surface area contributed by atoms with Crippen molar-refractivity contribution in [1.82, 2.24) is 0 Å². The van der Waals surface area contributed by atoms with Gasteiger partial charge in [0.1, 0.15) is 10.6 Å². The number of carbonyl (C=O) groups excluding carboxylic acids is 2. The second-order valence-electron chi connectivity index (χ2n) is 9.34. The molecule has 0 spiro atoms. The molecular formula is C24H27NO6S. The molecule has 2 aliphatic rings. The Bertz CT molecular complexity index is 1050. The van der Waals surface area contributed by atoms with E-state index in [1.54, 1.807) is 5.38 Å². The molecule has 8 heteroatoms. The number of anilines is 1.